The van der Waals surface area contributed by atoms with E-state index in [9.17, 15) is 26.6 Å². The maximum atomic E-state index is 14.2. The van der Waals surface area contributed by atoms with Crippen LogP contribution in [0.5, 0.6) is 0 Å². The van der Waals surface area contributed by atoms with E-state index < -0.39 is 52.8 Å². The van der Waals surface area contributed by atoms with E-state index in [1.807, 2.05) is 9.44 Å². The van der Waals surface area contributed by atoms with Crippen molar-refractivity contribution in [2.45, 2.75) is 25.0 Å². The predicted octanol–water partition coefficient (Wildman–Crippen LogP) is 3.29. The number of fused-ring (bicyclic) bond motifs is 1. The molecular weight excluding hydrogens is 388 g/mol. The molecule has 0 heterocycles. The summed E-state index contributed by atoms with van der Waals surface area (Å²) in [6.45, 7) is -0.111. The van der Waals surface area contributed by atoms with Crippen molar-refractivity contribution < 1.29 is 31.3 Å². The van der Waals surface area contributed by atoms with Gasteiger partial charge in [-0.25, -0.2) is 36.0 Å². The van der Waals surface area contributed by atoms with Crippen LogP contribution < -0.4 is 9.44 Å². The monoisotopic (exact) mass is 402 g/mol. The molecule has 0 saturated heterocycles. The molecule has 1 aliphatic rings. The van der Waals surface area contributed by atoms with Gasteiger partial charge in [-0.2, -0.15) is 0 Å². The van der Waals surface area contributed by atoms with Crippen LogP contribution in [0.25, 0.3) is 0 Å². The summed E-state index contributed by atoms with van der Waals surface area (Å²) in [6.07, 6.45) is -2.02. The number of benzene rings is 2. The average molecular weight is 402 g/mol. The summed E-state index contributed by atoms with van der Waals surface area (Å²) in [5.74, 6) is -5.67. The second-order valence-corrected chi connectivity index (χ2v) is 6.86. The summed E-state index contributed by atoms with van der Waals surface area (Å²) in [5, 5.41) is 0. The number of hydrogen-bond donors (Lipinski definition) is 2. The van der Waals surface area contributed by atoms with Crippen molar-refractivity contribution in [3.8, 4) is 0 Å². The summed E-state index contributed by atoms with van der Waals surface area (Å²) >= 11 is -2.48. The molecule has 2 aromatic carbocycles. The van der Waals surface area contributed by atoms with Gasteiger partial charge >= 0.3 is 6.09 Å². The Hall–Kier alpha value is -2.46. The molecule has 3 rings (SSSR count). The van der Waals surface area contributed by atoms with Gasteiger partial charge in [0.2, 0.25) is 0 Å². The Bertz CT molecular complexity index is 880. The molecule has 0 fully saturated rings. The lowest BCUT2D eigenvalue weighted by Gasteiger charge is -2.20. The second-order valence-electron chi connectivity index (χ2n) is 5.88. The molecule has 0 aromatic heterocycles. The zero-order valence-electron chi connectivity index (χ0n) is 13.7. The highest BCUT2D eigenvalue weighted by molar-refractivity contribution is 7.81. The van der Waals surface area contributed by atoms with Gasteiger partial charge in [-0.1, -0.05) is 30.3 Å². The standard InChI is InChI=1S/C17H14F4N2O3S/c18-12-6-11-8-17(20,21)15(14(11)13(19)7-12)22-27(25)23-16(24)26-9-10-4-2-1-3-5-10/h1-7,15,22H,8-9H2,(H,23,24). The molecule has 5 nitrogen and oxygen atoms in total. The number of amides is 1. The molecule has 1 aliphatic carbocycles. The van der Waals surface area contributed by atoms with Crippen LogP contribution in [0.3, 0.4) is 0 Å². The average Bonchev–Trinajstić information content (AvgIpc) is 2.83. The van der Waals surface area contributed by atoms with Gasteiger partial charge in [-0.15, -0.1) is 0 Å². The van der Waals surface area contributed by atoms with Crippen molar-refractivity contribution in [3.05, 3.63) is 70.8 Å². The van der Waals surface area contributed by atoms with Crippen LogP contribution in [0, 0.1) is 11.6 Å². The topological polar surface area (TPSA) is 67.4 Å². The molecule has 2 N–H and O–H groups in total. The van der Waals surface area contributed by atoms with Crippen LogP contribution in [0.2, 0.25) is 0 Å². The zero-order valence-corrected chi connectivity index (χ0v) is 14.5. The van der Waals surface area contributed by atoms with Crippen molar-refractivity contribution >= 4 is 17.3 Å². The lowest BCUT2D eigenvalue weighted by atomic mass is 10.1. The second kappa shape index (κ2) is 7.65. The number of rotatable bonds is 5. The van der Waals surface area contributed by atoms with E-state index in [-0.39, 0.29) is 12.2 Å². The highest BCUT2D eigenvalue weighted by Gasteiger charge is 2.50. The number of alkyl halides is 2. The van der Waals surface area contributed by atoms with E-state index in [1.54, 1.807) is 30.3 Å². The fourth-order valence-corrected chi connectivity index (χ4v) is 3.56. The minimum absolute atomic E-state index is 0.111. The van der Waals surface area contributed by atoms with E-state index in [2.05, 4.69) is 0 Å². The van der Waals surface area contributed by atoms with Crippen LogP contribution in [0.4, 0.5) is 22.4 Å². The molecule has 0 aliphatic heterocycles. The lowest BCUT2D eigenvalue weighted by Crippen LogP contribution is -2.42. The third kappa shape index (κ3) is 4.45. The van der Waals surface area contributed by atoms with Crippen LogP contribution >= 0.6 is 0 Å². The van der Waals surface area contributed by atoms with E-state index >= 15 is 0 Å². The largest absolute Gasteiger partial charge is 0.444 e. The van der Waals surface area contributed by atoms with Gasteiger partial charge in [0, 0.05) is 18.1 Å². The van der Waals surface area contributed by atoms with Crippen LogP contribution in [0.1, 0.15) is 22.7 Å². The molecule has 2 aromatic rings. The Morgan fingerprint density at radius 3 is 2.63 bits per heavy atom. The number of halogens is 4. The van der Waals surface area contributed by atoms with Crippen molar-refractivity contribution in [2.24, 2.45) is 0 Å². The molecule has 0 spiro atoms. The molecule has 10 heteroatoms. The third-order valence-electron chi connectivity index (χ3n) is 3.93. The number of hydrogen-bond acceptors (Lipinski definition) is 3. The Labute approximate surface area is 154 Å². The zero-order chi connectivity index (χ0) is 19.6. The molecule has 0 radical (unpaired) electrons. The van der Waals surface area contributed by atoms with Crippen molar-refractivity contribution in [1.29, 1.82) is 0 Å². The van der Waals surface area contributed by atoms with Crippen LogP contribution in [0.15, 0.2) is 42.5 Å². The van der Waals surface area contributed by atoms with Gasteiger partial charge in [0.15, 0.2) is 11.2 Å². The number of carbonyl (C=O) groups excluding carboxylic acids is 1. The summed E-state index contributed by atoms with van der Waals surface area (Å²) in [5.41, 5.74) is -0.0281. The van der Waals surface area contributed by atoms with E-state index in [4.69, 9.17) is 4.74 Å². The van der Waals surface area contributed by atoms with Crippen LogP contribution in [-0.2, 0) is 28.9 Å². The minimum atomic E-state index is -3.51. The first-order valence-corrected chi connectivity index (χ1v) is 8.92. The third-order valence-corrected chi connectivity index (χ3v) is 4.73. The Morgan fingerprint density at radius 1 is 1.22 bits per heavy atom. The first kappa shape index (κ1) is 19.3. The molecule has 144 valence electrons. The maximum absolute atomic E-state index is 14.2. The Kier molecular flexibility index (Phi) is 5.47. The molecule has 27 heavy (non-hydrogen) atoms. The summed E-state index contributed by atoms with van der Waals surface area (Å²) in [6, 6.07) is 7.91. The lowest BCUT2D eigenvalue weighted by molar-refractivity contribution is -0.0190. The summed E-state index contributed by atoms with van der Waals surface area (Å²) in [4.78, 5) is 11.6. The number of carbonyl (C=O) groups is 1. The summed E-state index contributed by atoms with van der Waals surface area (Å²) < 4.78 is 76.1. The minimum Gasteiger partial charge on any atom is -0.444 e. The maximum Gasteiger partial charge on any atom is 0.420 e. The van der Waals surface area contributed by atoms with Gasteiger partial charge in [0.1, 0.15) is 24.3 Å². The van der Waals surface area contributed by atoms with Gasteiger partial charge in [-0.3, -0.25) is 0 Å². The van der Waals surface area contributed by atoms with E-state index in [0.29, 0.717) is 11.6 Å². The van der Waals surface area contributed by atoms with E-state index in [0.717, 1.165) is 6.07 Å². The first-order valence-electron chi connectivity index (χ1n) is 7.77. The van der Waals surface area contributed by atoms with Crippen molar-refractivity contribution in [2.75, 3.05) is 0 Å². The normalized spacial score (nSPS) is 18.6. The van der Waals surface area contributed by atoms with Gasteiger partial charge < -0.3 is 4.74 Å². The quantitative estimate of drug-likeness (QED) is 0.755. The Balaban J connectivity index is 1.63. The smallest absolute Gasteiger partial charge is 0.420 e. The molecule has 0 bridgehead atoms. The first-order chi connectivity index (χ1) is 12.8. The van der Waals surface area contributed by atoms with Gasteiger partial charge in [0.05, 0.1) is 0 Å². The van der Waals surface area contributed by atoms with Gasteiger partial charge in [0.25, 0.3) is 5.92 Å². The fraction of sp³-hybridized carbons (Fsp3) is 0.235. The van der Waals surface area contributed by atoms with Gasteiger partial charge in [-0.05, 0) is 17.2 Å². The highest BCUT2D eigenvalue weighted by Crippen LogP contribution is 2.44. The van der Waals surface area contributed by atoms with E-state index in [1.165, 1.54) is 0 Å². The van der Waals surface area contributed by atoms with Crippen LogP contribution in [-0.4, -0.2) is 16.2 Å². The molecule has 1 amide bonds. The van der Waals surface area contributed by atoms with Crippen molar-refractivity contribution in [3.63, 3.8) is 0 Å². The van der Waals surface area contributed by atoms with Crippen molar-refractivity contribution in [1.82, 2.24) is 9.44 Å². The molecular formula is C17H14F4N2O3S. The molecule has 0 saturated carbocycles. The predicted molar refractivity (Wildman–Crippen MR) is 88.8 cm³/mol. The number of ether oxygens (including phenoxy) is 1. The summed E-state index contributed by atoms with van der Waals surface area (Å²) in [7, 11) is 0. The molecule has 2 unspecified atom stereocenters. The Morgan fingerprint density at radius 2 is 1.93 bits per heavy atom. The SMILES string of the molecule is O=C(NS(=O)NC1c2c(F)cc(F)cc2CC1(F)F)OCc1ccccc1. The fourth-order valence-electron chi connectivity index (χ4n) is 2.78. The molecule has 2 atom stereocenters. The number of nitrogens with one attached hydrogen (secondary N) is 2. The highest BCUT2D eigenvalue weighted by atomic mass is 32.2.